The van der Waals surface area contributed by atoms with Gasteiger partial charge in [-0.3, -0.25) is 4.90 Å². The predicted octanol–water partition coefficient (Wildman–Crippen LogP) is 2.50. The molecule has 1 saturated carbocycles. The minimum absolute atomic E-state index is 0.368. The molecule has 1 aromatic carbocycles. The van der Waals surface area contributed by atoms with Gasteiger partial charge in [0.2, 0.25) is 0 Å². The molecule has 0 bridgehead atoms. The number of rotatable bonds is 2. The van der Waals surface area contributed by atoms with Crippen molar-refractivity contribution in [2.24, 2.45) is 0 Å². The van der Waals surface area contributed by atoms with Crippen LogP contribution in [-0.2, 0) is 6.54 Å². The highest BCUT2D eigenvalue weighted by Gasteiger charge is 2.35. The van der Waals surface area contributed by atoms with Crippen LogP contribution in [0, 0.1) is 0 Å². The number of nitrogens with zero attached hydrogens (tertiary/aromatic N) is 1. The van der Waals surface area contributed by atoms with Crippen molar-refractivity contribution in [2.75, 3.05) is 19.6 Å². The summed E-state index contributed by atoms with van der Waals surface area (Å²) in [6.45, 7) is 4.32. The minimum atomic E-state index is 0.368. The molecule has 2 fully saturated rings. The smallest absolute Gasteiger partial charge is 0.115 e. The van der Waals surface area contributed by atoms with Gasteiger partial charge >= 0.3 is 0 Å². The van der Waals surface area contributed by atoms with Gasteiger partial charge in [0.1, 0.15) is 5.75 Å². The van der Waals surface area contributed by atoms with Gasteiger partial charge < -0.3 is 10.4 Å². The maximum absolute atomic E-state index is 9.55. The molecule has 1 saturated heterocycles. The molecule has 1 spiro atoms. The van der Waals surface area contributed by atoms with Crippen molar-refractivity contribution in [1.82, 2.24) is 10.2 Å². The first-order valence-corrected chi connectivity index (χ1v) is 7.51. The number of nitrogens with one attached hydrogen (secondary N) is 1. The summed E-state index contributed by atoms with van der Waals surface area (Å²) in [7, 11) is 0. The second-order valence-electron chi connectivity index (χ2n) is 6.15. The Balaban J connectivity index is 1.65. The van der Waals surface area contributed by atoms with E-state index >= 15 is 0 Å². The Kier molecular flexibility index (Phi) is 3.76. The van der Waals surface area contributed by atoms with E-state index in [4.69, 9.17) is 0 Å². The third-order valence-corrected chi connectivity index (χ3v) is 4.58. The molecule has 0 radical (unpaired) electrons. The topological polar surface area (TPSA) is 35.5 Å². The Morgan fingerprint density at radius 3 is 2.84 bits per heavy atom. The molecule has 3 heteroatoms. The largest absolute Gasteiger partial charge is 0.508 e. The fraction of sp³-hybridized carbons (Fsp3) is 0.625. The Bertz CT molecular complexity index is 421. The van der Waals surface area contributed by atoms with Crippen molar-refractivity contribution in [3.8, 4) is 5.75 Å². The Morgan fingerprint density at radius 2 is 2.05 bits per heavy atom. The number of hydrogen-bond donors (Lipinski definition) is 2. The summed E-state index contributed by atoms with van der Waals surface area (Å²) in [6.07, 6.45) is 6.78. The second kappa shape index (κ2) is 5.51. The van der Waals surface area contributed by atoms with Gasteiger partial charge in [-0.25, -0.2) is 0 Å². The van der Waals surface area contributed by atoms with Crippen LogP contribution in [0.25, 0.3) is 0 Å². The summed E-state index contributed by atoms with van der Waals surface area (Å²) in [5.41, 5.74) is 1.58. The molecular weight excluding hydrogens is 236 g/mol. The van der Waals surface area contributed by atoms with Crippen molar-refractivity contribution in [3.05, 3.63) is 29.8 Å². The minimum Gasteiger partial charge on any atom is -0.508 e. The first kappa shape index (κ1) is 12.9. The molecule has 1 aliphatic heterocycles. The van der Waals surface area contributed by atoms with E-state index in [9.17, 15) is 5.11 Å². The van der Waals surface area contributed by atoms with Crippen LogP contribution in [0.2, 0.25) is 0 Å². The highest BCUT2D eigenvalue weighted by atomic mass is 16.3. The van der Waals surface area contributed by atoms with Crippen LogP contribution in [0.1, 0.15) is 37.7 Å². The van der Waals surface area contributed by atoms with E-state index in [1.165, 1.54) is 37.7 Å². The Labute approximate surface area is 115 Å². The van der Waals surface area contributed by atoms with Crippen LogP contribution in [-0.4, -0.2) is 35.2 Å². The molecule has 19 heavy (non-hydrogen) atoms. The highest BCUT2D eigenvalue weighted by molar-refractivity contribution is 5.27. The molecule has 1 aromatic rings. The van der Waals surface area contributed by atoms with Crippen LogP contribution in [0.4, 0.5) is 0 Å². The van der Waals surface area contributed by atoms with E-state index in [0.717, 1.165) is 26.2 Å². The molecule has 1 aliphatic carbocycles. The van der Waals surface area contributed by atoms with E-state index in [-0.39, 0.29) is 0 Å². The molecule has 0 unspecified atom stereocenters. The summed E-state index contributed by atoms with van der Waals surface area (Å²) in [6, 6.07) is 7.66. The average molecular weight is 260 g/mol. The molecule has 0 amide bonds. The van der Waals surface area contributed by atoms with Crippen LogP contribution >= 0.6 is 0 Å². The fourth-order valence-electron chi connectivity index (χ4n) is 3.65. The number of phenols is 1. The summed E-state index contributed by atoms with van der Waals surface area (Å²) in [5, 5.41) is 13.3. The van der Waals surface area contributed by atoms with Crippen LogP contribution < -0.4 is 5.32 Å². The lowest BCUT2D eigenvalue weighted by molar-refractivity contribution is 0.0945. The zero-order valence-corrected chi connectivity index (χ0v) is 11.6. The molecule has 1 heterocycles. The van der Waals surface area contributed by atoms with Gasteiger partial charge in [0, 0.05) is 31.7 Å². The highest BCUT2D eigenvalue weighted by Crippen LogP contribution is 2.31. The summed E-state index contributed by atoms with van der Waals surface area (Å²) >= 11 is 0. The second-order valence-corrected chi connectivity index (χ2v) is 6.15. The maximum atomic E-state index is 9.55. The zero-order valence-electron chi connectivity index (χ0n) is 11.6. The molecule has 2 aliphatic rings. The Morgan fingerprint density at radius 1 is 1.21 bits per heavy atom. The number of piperazine rings is 1. The van der Waals surface area contributed by atoms with Crippen molar-refractivity contribution in [1.29, 1.82) is 0 Å². The molecule has 2 N–H and O–H groups in total. The van der Waals surface area contributed by atoms with E-state index in [2.05, 4.69) is 16.3 Å². The van der Waals surface area contributed by atoms with Crippen LogP contribution in [0.5, 0.6) is 5.75 Å². The number of hydrogen-bond acceptors (Lipinski definition) is 3. The monoisotopic (exact) mass is 260 g/mol. The van der Waals surface area contributed by atoms with Crippen molar-refractivity contribution in [3.63, 3.8) is 0 Å². The van der Waals surface area contributed by atoms with Gasteiger partial charge in [0.15, 0.2) is 0 Å². The van der Waals surface area contributed by atoms with Gasteiger partial charge in [0.05, 0.1) is 0 Å². The van der Waals surface area contributed by atoms with E-state index in [1.54, 1.807) is 6.07 Å². The predicted molar refractivity (Wildman–Crippen MR) is 77.2 cm³/mol. The number of phenolic OH excluding ortho intramolecular Hbond substituents is 1. The van der Waals surface area contributed by atoms with Gasteiger partial charge in [0.25, 0.3) is 0 Å². The van der Waals surface area contributed by atoms with E-state index in [1.807, 2.05) is 12.1 Å². The van der Waals surface area contributed by atoms with Crippen molar-refractivity contribution < 1.29 is 5.11 Å². The molecule has 0 aromatic heterocycles. The quantitative estimate of drug-likeness (QED) is 0.857. The average Bonchev–Trinajstić information content (AvgIpc) is 2.40. The van der Waals surface area contributed by atoms with Gasteiger partial charge in [-0.05, 0) is 30.5 Å². The SMILES string of the molecule is Oc1cccc(CN2CCNC3(CCCCC3)C2)c1. The summed E-state index contributed by atoms with van der Waals surface area (Å²) in [5.74, 6) is 0.375. The maximum Gasteiger partial charge on any atom is 0.115 e. The molecule has 104 valence electrons. The van der Waals surface area contributed by atoms with Gasteiger partial charge in [-0.15, -0.1) is 0 Å². The summed E-state index contributed by atoms with van der Waals surface area (Å²) in [4.78, 5) is 2.54. The zero-order chi connectivity index (χ0) is 13.1. The molecular formula is C16H24N2O. The van der Waals surface area contributed by atoms with Gasteiger partial charge in [-0.2, -0.15) is 0 Å². The first-order valence-electron chi connectivity index (χ1n) is 7.51. The van der Waals surface area contributed by atoms with Crippen LogP contribution in [0.15, 0.2) is 24.3 Å². The van der Waals surface area contributed by atoms with E-state index in [0.29, 0.717) is 11.3 Å². The number of benzene rings is 1. The third-order valence-electron chi connectivity index (χ3n) is 4.58. The Hall–Kier alpha value is -1.06. The normalized spacial score (nSPS) is 23.6. The van der Waals surface area contributed by atoms with Crippen LogP contribution in [0.3, 0.4) is 0 Å². The van der Waals surface area contributed by atoms with E-state index < -0.39 is 0 Å². The third kappa shape index (κ3) is 3.10. The fourth-order valence-corrected chi connectivity index (χ4v) is 3.65. The lowest BCUT2D eigenvalue weighted by atomic mass is 9.80. The summed E-state index contributed by atoms with van der Waals surface area (Å²) < 4.78 is 0. The van der Waals surface area contributed by atoms with Crippen molar-refractivity contribution in [2.45, 2.75) is 44.2 Å². The molecule has 3 nitrogen and oxygen atoms in total. The molecule has 0 atom stereocenters. The molecule has 3 rings (SSSR count). The first-order chi connectivity index (χ1) is 9.26. The van der Waals surface area contributed by atoms with Gasteiger partial charge in [-0.1, -0.05) is 31.4 Å². The number of aromatic hydroxyl groups is 1. The van der Waals surface area contributed by atoms with Crippen molar-refractivity contribution >= 4 is 0 Å². The lowest BCUT2D eigenvalue weighted by Gasteiger charge is -2.46. The lowest BCUT2D eigenvalue weighted by Crippen LogP contribution is -2.60. The standard InChI is InChI=1S/C16H24N2O/c19-15-6-4-5-14(11-15)12-18-10-9-17-16(13-18)7-2-1-3-8-16/h4-6,11,17,19H,1-3,7-10,12-13H2.